The molecule has 18 heteroatoms. The number of hydrogen-bond acceptors (Lipinski definition) is 14. The van der Waals surface area contributed by atoms with Gasteiger partial charge < -0.3 is 35.5 Å². The van der Waals surface area contributed by atoms with E-state index >= 15 is 0 Å². The SMILES string of the molecule is Nc1ncnc2c1ncn2[C@@H]1CO[C@H](COP(=O)(O)OC2C[C@H](n3cnc4c(N)ncnc43)OC2CO)C1. The highest BCUT2D eigenvalue weighted by atomic mass is 31.2. The molecule has 0 radical (unpaired) electrons. The van der Waals surface area contributed by atoms with Crippen LogP contribution in [0.5, 0.6) is 0 Å². The van der Waals surface area contributed by atoms with Crippen molar-refractivity contribution in [2.45, 2.75) is 43.4 Å². The predicted molar refractivity (Wildman–Crippen MR) is 129 cm³/mol. The first-order valence-electron chi connectivity index (χ1n) is 11.7. The molecule has 0 spiro atoms. The number of nitrogens with zero attached hydrogens (tertiary/aromatic N) is 8. The predicted octanol–water partition coefficient (Wildman–Crippen LogP) is -0.0574. The first kappa shape index (κ1) is 25.0. The normalized spacial score (nSPS) is 27.4. The van der Waals surface area contributed by atoms with Crippen molar-refractivity contribution >= 4 is 41.8 Å². The van der Waals surface area contributed by atoms with Crippen LogP contribution in [0.25, 0.3) is 22.3 Å². The van der Waals surface area contributed by atoms with Crippen LogP contribution in [-0.4, -0.2) is 87.2 Å². The van der Waals surface area contributed by atoms with Crippen LogP contribution in [0.1, 0.15) is 25.1 Å². The Labute approximate surface area is 214 Å². The Bertz CT molecular complexity index is 1510. The molecular formula is C20H25N10O7P. The van der Waals surface area contributed by atoms with Crippen LogP contribution < -0.4 is 11.5 Å². The van der Waals surface area contributed by atoms with Crippen molar-refractivity contribution in [2.75, 3.05) is 31.3 Å². The summed E-state index contributed by atoms with van der Waals surface area (Å²) < 4.78 is 38.5. The number of aliphatic hydroxyl groups excluding tert-OH is 1. The van der Waals surface area contributed by atoms with Crippen LogP contribution in [0.4, 0.5) is 11.6 Å². The van der Waals surface area contributed by atoms with Crippen LogP contribution in [0, 0.1) is 0 Å². The van der Waals surface area contributed by atoms with E-state index < -0.39 is 39.0 Å². The molecule has 6 heterocycles. The average Bonchev–Trinajstić information content (AvgIpc) is 3.68. The van der Waals surface area contributed by atoms with Crippen LogP contribution in [-0.2, 0) is 23.1 Å². The maximum Gasteiger partial charge on any atom is 0.472 e. The average molecular weight is 548 g/mol. The van der Waals surface area contributed by atoms with Gasteiger partial charge in [-0.3, -0.25) is 13.6 Å². The number of rotatable bonds is 8. The van der Waals surface area contributed by atoms with Gasteiger partial charge in [-0.25, -0.2) is 34.5 Å². The Hall–Kier alpha value is -3.31. The molecule has 6 N–H and O–H groups in total. The molecule has 6 rings (SSSR count). The molecule has 0 saturated carbocycles. The summed E-state index contributed by atoms with van der Waals surface area (Å²) in [6, 6.07) is -0.118. The number of fused-ring (bicyclic) bond motifs is 2. The summed E-state index contributed by atoms with van der Waals surface area (Å²) in [5, 5.41) is 9.79. The molecule has 3 unspecified atom stereocenters. The van der Waals surface area contributed by atoms with Crippen molar-refractivity contribution in [1.29, 1.82) is 0 Å². The smallest absolute Gasteiger partial charge is 0.394 e. The Morgan fingerprint density at radius 3 is 2.34 bits per heavy atom. The largest absolute Gasteiger partial charge is 0.472 e. The highest BCUT2D eigenvalue weighted by molar-refractivity contribution is 7.47. The minimum Gasteiger partial charge on any atom is -0.394 e. The number of aromatic nitrogens is 8. The van der Waals surface area contributed by atoms with Gasteiger partial charge >= 0.3 is 7.82 Å². The van der Waals surface area contributed by atoms with Crippen molar-refractivity contribution in [3.05, 3.63) is 25.3 Å². The summed E-state index contributed by atoms with van der Waals surface area (Å²) in [5.74, 6) is 0.491. The molecule has 2 fully saturated rings. The second-order valence-electron chi connectivity index (χ2n) is 8.97. The van der Waals surface area contributed by atoms with Gasteiger partial charge in [0.05, 0.1) is 44.6 Å². The fraction of sp³-hybridized carbons (Fsp3) is 0.500. The van der Waals surface area contributed by atoms with Gasteiger partial charge in [0.2, 0.25) is 0 Å². The molecule has 0 aromatic carbocycles. The number of phosphoric acid groups is 1. The lowest BCUT2D eigenvalue weighted by Crippen LogP contribution is -2.27. The van der Waals surface area contributed by atoms with Crippen LogP contribution in [0.2, 0.25) is 0 Å². The van der Waals surface area contributed by atoms with Gasteiger partial charge in [0, 0.05) is 6.42 Å². The van der Waals surface area contributed by atoms with Crippen molar-refractivity contribution in [2.24, 2.45) is 0 Å². The van der Waals surface area contributed by atoms with E-state index in [1.165, 1.54) is 19.0 Å². The first-order valence-corrected chi connectivity index (χ1v) is 13.2. The molecule has 4 aromatic rings. The topological polar surface area (TPSA) is 234 Å². The minimum atomic E-state index is -4.53. The van der Waals surface area contributed by atoms with Crippen molar-refractivity contribution in [1.82, 2.24) is 39.0 Å². The van der Waals surface area contributed by atoms with Crippen molar-refractivity contribution in [3.63, 3.8) is 0 Å². The van der Waals surface area contributed by atoms with Crippen LogP contribution in [0.3, 0.4) is 0 Å². The molecule has 0 amide bonds. The minimum absolute atomic E-state index is 0.118. The second-order valence-corrected chi connectivity index (χ2v) is 10.4. The number of anilines is 2. The van der Waals surface area contributed by atoms with E-state index in [4.69, 9.17) is 30.0 Å². The number of aliphatic hydroxyl groups is 1. The van der Waals surface area contributed by atoms with E-state index in [9.17, 15) is 14.6 Å². The maximum atomic E-state index is 12.8. The van der Waals surface area contributed by atoms with Crippen LogP contribution >= 0.6 is 7.82 Å². The summed E-state index contributed by atoms with van der Waals surface area (Å²) in [6.45, 7) is -0.292. The summed E-state index contributed by atoms with van der Waals surface area (Å²) in [5.41, 5.74) is 13.6. The number of ether oxygens (including phenoxy) is 2. The lowest BCUT2D eigenvalue weighted by atomic mass is 10.2. The summed E-state index contributed by atoms with van der Waals surface area (Å²) in [7, 11) is -4.53. The van der Waals surface area contributed by atoms with Gasteiger partial charge in [0.25, 0.3) is 0 Å². The zero-order valence-corrected chi connectivity index (χ0v) is 20.7. The molecule has 17 nitrogen and oxygen atoms in total. The zero-order valence-electron chi connectivity index (χ0n) is 19.8. The van der Waals surface area contributed by atoms with Gasteiger partial charge in [0.1, 0.15) is 42.1 Å². The third-order valence-electron chi connectivity index (χ3n) is 6.59. The van der Waals surface area contributed by atoms with Crippen molar-refractivity contribution in [3.8, 4) is 0 Å². The molecular weight excluding hydrogens is 523 g/mol. The standard InChI is InChI=1S/C20H25N10O7P/c21-17-15-19(25-6-23-17)29(8-27-15)10-1-11(34-4-10)5-35-38(32,33)37-12-2-14(36-13(12)3-31)30-9-28-16-18(22)24-7-26-20(16)30/h6-14,31H,1-5H2,(H,32,33)(H2,21,23,25)(H2,22,24,26)/t10-,11-,12?,13?,14+/m0/s1. The molecule has 0 aliphatic carbocycles. The van der Waals surface area contributed by atoms with E-state index in [0.29, 0.717) is 35.4 Å². The number of imidazole rings is 2. The van der Waals surface area contributed by atoms with Gasteiger partial charge in [-0.1, -0.05) is 0 Å². The fourth-order valence-corrected chi connectivity index (χ4v) is 5.72. The van der Waals surface area contributed by atoms with E-state index in [-0.39, 0.29) is 30.7 Å². The lowest BCUT2D eigenvalue weighted by Gasteiger charge is -2.20. The summed E-state index contributed by atoms with van der Waals surface area (Å²) in [6.07, 6.45) is 3.42. The molecule has 38 heavy (non-hydrogen) atoms. The van der Waals surface area contributed by atoms with Gasteiger partial charge in [-0.05, 0) is 6.42 Å². The number of nitrogen functional groups attached to an aromatic ring is 2. The number of nitrogens with two attached hydrogens (primary N) is 2. The molecule has 6 atom stereocenters. The third-order valence-corrected chi connectivity index (χ3v) is 7.60. The highest BCUT2D eigenvalue weighted by Crippen LogP contribution is 2.49. The Balaban J connectivity index is 1.07. The van der Waals surface area contributed by atoms with Crippen LogP contribution in [0.15, 0.2) is 25.3 Å². The molecule has 2 aliphatic heterocycles. The molecule has 4 aromatic heterocycles. The monoisotopic (exact) mass is 548 g/mol. The number of phosphoric ester groups is 1. The fourth-order valence-electron chi connectivity index (χ4n) is 4.74. The molecule has 0 bridgehead atoms. The van der Waals surface area contributed by atoms with E-state index in [1.54, 1.807) is 10.9 Å². The maximum absolute atomic E-state index is 12.8. The Morgan fingerprint density at radius 1 is 1.00 bits per heavy atom. The van der Waals surface area contributed by atoms with E-state index in [2.05, 4.69) is 29.9 Å². The first-order chi connectivity index (χ1) is 18.3. The van der Waals surface area contributed by atoms with Gasteiger partial charge in [-0.15, -0.1) is 0 Å². The van der Waals surface area contributed by atoms with E-state index in [1.807, 2.05) is 4.57 Å². The van der Waals surface area contributed by atoms with Gasteiger partial charge in [0.15, 0.2) is 22.9 Å². The third kappa shape index (κ3) is 4.58. The van der Waals surface area contributed by atoms with E-state index in [0.717, 1.165) is 0 Å². The molecule has 2 saturated heterocycles. The summed E-state index contributed by atoms with van der Waals surface area (Å²) in [4.78, 5) is 35.1. The Morgan fingerprint density at radius 2 is 1.66 bits per heavy atom. The highest BCUT2D eigenvalue weighted by Gasteiger charge is 2.42. The quantitative estimate of drug-likeness (QED) is 0.211. The lowest BCUT2D eigenvalue weighted by molar-refractivity contribution is -0.0451. The second kappa shape index (κ2) is 9.77. The molecule has 202 valence electrons. The molecule has 2 aliphatic rings. The van der Waals surface area contributed by atoms with Gasteiger partial charge in [-0.2, -0.15) is 0 Å². The zero-order chi connectivity index (χ0) is 26.4. The Kier molecular flexibility index (Phi) is 6.43. The number of hydrogen-bond donors (Lipinski definition) is 4. The van der Waals surface area contributed by atoms with Crippen molar-refractivity contribution < 1.29 is 33.1 Å². The summed E-state index contributed by atoms with van der Waals surface area (Å²) >= 11 is 0.